The van der Waals surface area contributed by atoms with Gasteiger partial charge < -0.3 is 5.32 Å². The molecule has 1 N–H and O–H groups in total. The smallest absolute Gasteiger partial charge is 0.0312 e. The third-order valence-electron chi connectivity index (χ3n) is 3.76. The van der Waals surface area contributed by atoms with E-state index in [1.165, 1.54) is 32.5 Å². The van der Waals surface area contributed by atoms with Gasteiger partial charge in [-0.3, -0.25) is 4.90 Å². The highest BCUT2D eigenvalue weighted by molar-refractivity contribution is 5.03. The molecular weight excluding hydrogens is 160 g/mol. The fraction of sp³-hybridized carbons (Fsp3) is 1.00. The predicted octanol–water partition coefficient (Wildman–Crippen LogP) is 1.47. The van der Waals surface area contributed by atoms with Crippen molar-refractivity contribution in [2.24, 2.45) is 5.41 Å². The Balaban J connectivity index is 2.16. The maximum absolute atomic E-state index is 3.67. The Morgan fingerprint density at radius 2 is 2.23 bits per heavy atom. The quantitative estimate of drug-likeness (QED) is 0.660. The molecule has 2 heterocycles. The monoisotopic (exact) mass is 182 g/mol. The van der Waals surface area contributed by atoms with Crippen LogP contribution in [0.1, 0.15) is 33.6 Å². The van der Waals surface area contributed by atoms with Crippen LogP contribution in [0.15, 0.2) is 0 Å². The fourth-order valence-corrected chi connectivity index (χ4v) is 3.17. The molecule has 2 nitrogen and oxygen atoms in total. The van der Waals surface area contributed by atoms with Gasteiger partial charge in [-0.2, -0.15) is 0 Å². The van der Waals surface area contributed by atoms with Gasteiger partial charge in [-0.05, 0) is 31.3 Å². The molecule has 2 atom stereocenters. The molecule has 0 bridgehead atoms. The van der Waals surface area contributed by atoms with Crippen molar-refractivity contribution in [1.82, 2.24) is 10.2 Å². The average Bonchev–Trinajstić information content (AvgIpc) is 2.43. The van der Waals surface area contributed by atoms with Gasteiger partial charge in [0.05, 0.1) is 0 Å². The van der Waals surface area contributed by atoms with E-state index in [0.29, 0.717) is 5.41 Å². The maximum Gasteiger partial charge on any atom is 0.0312 e. The fourth-order valence-electron chi connectivity index (χ4n) is 3.17. The molecule has 2 aliphatic heterocycles. The molecule has 76 valence electrons. The lowest BCUT2D eigenvalue weighted by atomic mass is 9.80. The van der Waals surface area contributed by atoms with Crippen LogP contribution in [0, 0.1) is 5.41 Å². The minimum Gasteiger partial charge on any atom is -0.312 e. The van der Waals surface area contributed by atoms with Gasteiger partial charge in [0.1, 0.15) is 0 Å². The number of likely N-dealkylation sites (tertiary alicyclic amines) is 1. The molecule has 0 aliphatic carbocycles. The second kappa shape index (κ2) is 3.25. The molecular formula is C11H22N2. The number of fused-ring (bicyclic) bond motifs is 1. The van der Waals surface area contributed by atoms with Gasteiger partial charge in [-0.25, -0.2) is 0 Å². The molecule has 13 heavy (non-hydrogen) atoms. The van der Waals surface area contributed by atoms with Crippen LogP contribution in [0.2, 0.25) is 0 Å². The summed E-state index contributed by atoms with van der Waals surface area (Å²) in [6.07, 6.45) is 2.75. The lowest BCUT2D eigenvalue weighted by Gasteiger charge is -2.42. The molecule has 2 aliphatic rings. The summed E-state index contributed by atoms with van der Waals surface area (Å²) in [6, 6.07) is 1.55. The largest absolute Gasteiger partial charge is 0.312 e. The third kappa shape index (κ3) is 1.50. The first kappa shape index (κ1) is 9.47. The highest BCUT2D eigenvalue weighted by atomic mass is 15.2. The summed E-state index contributed by atoms with van der Waals surface area (Å²) >= 11 is 0. The average molecular weight is 182 g/mol. The van der Waals surface area contributed by atoms with E-state index in [2.05, 4.69) is 31.0 Å². The van der Waals surface area contributed by atoms with Gasteiger partial charge in [0.25, 0.3) is 0 Å². The molecule has 2 fully saturated rings. The van der Waals surface area contributed by atoms with Crippen molar-refractivity contribution < 1.29 is 0 Å². The number of piperidine rings is 1. The van der Waals surface area contributed by atoms with Crippen LogP contribution in [0.3, 0.4) is 0 Å². The molecule has 2 rings (SSSR count). The lowest BCUT2D eigenvalue weighted by Crippen LogP contribution is -2.52. The number of hydrogen-bond acceptors (Lipinski definition) is 2. The maximum atomic E-state index is 3.67. The van der Waals surface area contributed by atoms with Gasteiger partial charge in [-0.1, -0.05) is 20.8 Å². The van der Waals surface area contributed by atoms with E-state index in [9.17, 15) is 0 Å². The van der Waals surface area contributed by atoms with E-state index in [1.54, 1.807) is 0 Å². The first-order valence-electron chi connectivity index (χ1n) is 5.62. The minimum atomic E-state index is 0.473. The minimum absolute atomic E-state index is 0.473. The van der Waals surface area contributed by atoms with Crippen molar-refractivity contribution in [2.75, 3.05) is 19.6 Å². The number of likely N-dealkylation sites (N-methyl/N-ethyl adjacent to an activating group) is 1. The van der Waals surface area contributed by atoms with Gasteiger partial charge in [0, 0.05) is 18.6 Å². The molecule has 0 aromatic carbocycles. The number of hydrogen-bond donors (Lipinski definition) is 1. The first-order chi connectivity index (χ1) is 6.15. The number of nitrogens with zero attached hydrogens (tertiary/aromatic N) is 1. The Kier molecular flexibility index (Phi) is 2.37. The van der Waals surface area contributed by atoms with Gasteiger partial charge in [-0.15, -0.1) is 0 Å². The summed E-state index contributed by atoms with van der Waals surface area (Å²) in [4.78, 5) is 2.66. The van der Waals surface area contributed by atoms with Crippen molar-refractivity contribution in [3.63, 3.8) is 0 Å². The second-order valence-corrected chi connectivity index (χ2v) is 5.19. The summed E-state index contributed by atoms with van der Waals surface area (Å²) < 4.78 is 0. The molecule has 0 aromatic heterocycles. The zero-order valence-corrected chi connectivity index (χ0v) is 9.14. The molecule has 0 amide bonds. The molecule has 0 saturated carbocycles. The van der Waals surface area contributed by atoms with Crippen LogP contribution >= 0.6 is 0 Å². The van der Waals surface area contributed by atoms with Crippen LogP contribution in [0.4, 0.5) is 0 Å². The summed E-state index contributed by atoms with van der Waals surface area (Å²) in [7, 11) is 0. The Morgan fingerprint density at radius 1 is 1.46 bits per heavy atom. The highest BCUT2D eigenvalue weighted by Crippen LogP contribution is 2.36. The Bertz CT molecular complexity index is 189. The summed E-state index contributed by atoms with van der Waals surface area (Å²) in [6.45, 7) is 10.8. The van der Waals surface area contributed by atoms with E-state index < -0.39 is 0 Å². The van der Waals surface area contributed by atoms with Crippen LogP contribution in [-0.4, -0.2) is 36.6 Å². The predicted molar refractivity (Wildman–Crippen MR) is 55.8 cm³/mol. The van der Waals surface area contributed by atoms with Gasteiger partial charge in [0.2, 0.25) is 0 Å². The van der Waals surface area contributed by atoms with Crippen LogP contribution < -0.4 is 5.32 Å². The topological polar surface area (TPSA) is 15.3 Å². The summed E-state index contributed by atoms with van der Waals surface area (Å²) in [5, 5.41) is 3.67. The normalized spacial score (nSPS) is 39.0. The SMILES string of the molecule is CCN1CCCC2NCC(C)(C)C21. The molecule has 0 spiro atoms. The van der Waals surface area contributed by atoms with E-state index in [4.69, 9.17) is 0 Å². The molecule has 0 aromatic rings. The first-order valence-corrected chi connectivity index (χ1v) is 5.62. The van der Waals surface area contributed by atoms with Crippen molar-refractivity contribution in [1.29, 1.82) is 0 Å². The molecule has 2 unspecified atom stereocenters. The van der Waals surface area contributed by atoms with Crippen molar-refractivity contribution in [2.45, 2.75) is 45.7 Å². The Labute approximate surface area is 81.7 Å². The lowest BCUT2D eigenvalue weighted by molar-refractivity contribution is 0.0817. The summed E-state index contributed by atoms with van der Waals surface area (Å²) in [5.41, 5.74) is 0.473. The van der Waals surface area contributed by atoms with Crippen molar-refractivity contribution >= 4 is 0 Å². The highest BCUT2D eigenvalue weighted by Gasteiger charge is 2.45. The van der Waals surface area contributed by atoms with Crippen LogP contribution in [0.5, 0.6) is 0 Å². The zero-order valence-electron chi connectivity index (χ0n) is 9.14. The molecule has 2 heteroatoms. The van der Waals surface area contributed by atoms with E-state index in [-0.39, 0.29) is 0 Å². The molecule has 2 saturated heterocycles. The van der Waals surface area contributed by atoms with Gasteiger partial charge in [0.15, 0.2) is 0 Å². The third-order valence-corrected chi connectivity index (χ3v) is 3.76. The van der Waals surface area contributed by atoms with Crippen molar-refractivity contribution in [3.8, 4) is 0 Å². The Morgan fingerprint density at radius 3 is 2.92 bits per heavy atom. The van der Waals surface area contributed by atoms with E-state index >= 15 is 0 Å². The van der Waals surface area contributed by atoms with Crippen molar-refractivity contribution in [3.05, 3.63) is 0 Å². The summed E-state index contributed by atoms with van der Waals surface area (Å²) in [5.74, 6) is 0. The van der Waals surface area contributed by atoms with Crippen LogP contribution in [0.25, 0.3) is 0 Å². The number of nitrogens with one attached hydrogen (secondary N) is 1. The van der Waals surface area contributed by atoms with E-state index in [1.807, 2.05) is 0 Å². The zero-order chi connectivity index (χ0) is 9.47. The van der Waals surface area contributed by atoms with E-state index in [0.717, 1.165) is 12.1 Å². The number of rotatable bonds is 1. The standard InChI is InChI=1S/C11H22N2/c1-4-13-7-5-6-9-10(13)11(2,3)8-12-9/h9-10,12H,4-8H2,1-3H3. The second-order valence-electron chi connectivity index (χ2n) is 5.19. The van der Waals surface area contributed by atoms with Crippen LogP contribution in [-0.2, 0) is 0 Å². The van der Waals surface area contributed by atoms with Gasteiger partial charge >= 0.3 is 0 Å². The molecule has 0 radical (unpaired) electrons. The Hall–Kier alpha value is -0.0800.